The molecule has 2 unspecified atom stereocenters. The zero-order valence-corrected chi connectivity index (χ0v) is 23.5. The minimum atomic E-state index is -4.44. The molecule has 2 aliphatic heterocycles. The van der Waals surface area contributed by atoms with Crippen LogP contribution >= 0.6 is 11.8 Å². The van der Waals surface area contributed by atoms with Crippen molar-refractivity contribution in [1.29, 1.82) is 0 Å². The third kappa shape index (κ3) is 7.12. The second-order valence-electron chi connectivity index (χ2n) is 10.5. The van der Waals surface area contributed by atoms with E-state index in [1.54, 1.807) is 26.0 Å². The van der Waals surface area contributed by atoms with E-state index in [1.807, 2.05) is 13.8 Å². The van der Waals surface area contributed by atoms with Crippen LogP contribution < -0.4 is 10.2 Å². The van der Waals surface area contributed by atoms with Crippen LogP contribution in [0.5, 0.6) is 0 Å². The molecule has 0 saturated carbocycles. The summed E-state index contributed by atoms with van der Waals surface area (Å²) in [5.41, 5.74) is -4.82. The van der Waals surface area contributed by atoms with Crippen LogP contribution in [0.4, 0.5) is 29.5 Å². The highest BCUT2D eigenvalue weighted by Crippen LogP contribution is 2.39. The van der Waals surface area contributed by atoms with Gasteiger partial charge in [0, 0.05) is 43.7 Å². The van der Waals surface area contributed by atoms with E-state index in [4.69, 9.17) is 4.74 Å². The molecule has 4 rings (SSSR count). The molecule has 1 aromatic heterocycles. The number of morpholine rings is 1. The summed E-state index contributed by atoms with van der Waals surface area (Å²) < 4.78 is 43.7. The smallest absolute Gasteiger partial charge is 0.373 e. The van der Waals surface area contributed by atoms with Crippen LogP contribution in [0.3, 0.4) is 0 Å². The Kier molecular flexibility index (Phi) is 8.76. The Hall–Kier alpha value is -3.16. The van der Waals surface area contributed by atoms with Gasteiger partial charge in [-0.05, 0) is 81.4 Å². The number of pyridine rings is 1. The second kappa shape index (κ2) is 11.8. The van der Waals surface area contributed by atoms with E-state index < -0.39 is 23.0 Å². The Bertz CT molecular complexity index is 1250. The number of ether oxygens (including phenoxy) is 1. The number of carbonyl (C=O) groups excluding carboxylic acids is 3. The monoisotopic (exact) mass is 579 g/mol. The quantitative estimate of drug-likeness (QED) is 0.352. The average Bonchev–Trinajstić information content (AvgIpc) is 3.01. The largest absolute Gasteiger partial charge is 0.446 e. The fourth-order valence-electron chi connectivity index (χ4n) is 4.88. The standard InChI is InChI=1S/C27H32F3N5O4S/c1-17-14-33(15-18(2)39-17)12-10-23(36)32-22-13-19(9-11-31-22)16-34-25(38)35(24(37)26(34,3)4)20-5-7-21(8-6-20)40-27(28,29)30/h5-9,11,13,17-18H,10,12,14-16H2,1-4H3,(H,31,32,36). The van der Waals surface area contributed by atoms with E-state index >= 15 is 0 Å². The number of nitrogens with zero attached hydrogens (tertiary/aromatic N) is 4. The molecule has 40 heavy (non-hydrogen) atoms. The summed E-state index contributed by atoms with van der Waals surface area (Å²) in [6, 6.07) is 7.83. The molecular formula is C27H32F3N5O4S. The van der Waals surface area contributed by atoms with Crippen molar-refractivity contribution >= 4 is 41.1 Å². The molecule has 2 aromatic rings. The lowest BCUT2D eigenvalue weighted by molar-refractivity contribution is -0.123. The van der Waals surface area contributed by atoms with Crippen LogP contribution in [-0.4, -0.2) is 75.5 Å². The summed E-state index contributed by atoms with van der Waals surface area (Å²) in [4.78, 5) is 47.8. The molecular weight excluding hydrogens is 547 g/mol. The van der Waals surface area contributed by atoms with Crippen molar-refractivity contribution in [2.75, 3.05) is 29.9 Å². The van der Waals surface area contributed by atoms with Gasteiger partial charge in [-0.3, -0.25) is 14.5 Å². The molecule has 3 heterocycles. The van der Waals surface area contributed by atoms with Gasteiger partial charge in [0.25, 0.3) is 5.91 Å². The molecule has 9 nitrogen and oxygen atoms in total. The summed E-state index contributed by atoms with van der Waals surface area (Å²) >= 11 is -0.271. The number of nitrogens with one attached hydrogen (secondary N) is 1. The van der Waals surface area contributed by atoms with E-state index in [2.05, 4.69) is 15.2 Å². The maximum Gasteiger partial charge on any atom is 0.446 e. The zero-order valence-electron chi connectivity index (χ0n) is 22.7. The van der Waals surface area contributed by atoms with Crippen LogP contribution in [0.25, 0.3) is 0 Å². The fourth-order valence-corrected chi connectivity index (χ4v) is 5.42. The molecule has 216 valence electrons. The topological polar surface area (TPSA) is 95.1 Å². The predicted molar refractivity (Wildman–Crippen MR) is 145 cm³/mol. The van der Waals surface area contributed by atoms with Crippen molar-refractivity contribution < 1.29 is 32.3 Å². The maximum atomic E-state index is 13.3. The Balaban J connectivity index is 1.40. The molecule has 0 bridgehead atoms. The van der Waals surface area contributed by atoms with Crippen LogP contribution in [0.15, 0.2) is 47.5 Å². The number of urea groups is 1. The number of aromatic nitrogens is 1. The highest BCUT2D eigenvalue weighted by Gasteiger charge is 2.51. The lowest BCUT2D eigenvalue weighted by Crippen LogP contribution is -2.46. The van der Waals surface area contributed by atoms with E-state index in [0.717, 1.165) is 18.0 Å². The second-order valence-corrected chi connectivity index (χ2v) is 11.6. The first-order valence-electron chi connectivity index (χ1n) is 12.9. The van der Waals surface area contributed by atoms with Gasteiger partial charge in [-0.25, -0.2) is 14.7 Å². The van der Waals surface area contributed by atoms with Crippen molar-refractivity contribution in [1.82, 2.24) is 14.8 Å². The van der Waals surface area contributed by atoms with Gasteiger partial charge in [0.1, 0.15) is 11.4 Å². The summed E-state index contributed by atoms with van der Waals surface area (Å²) in [5, 5.41) is 2.80. The van der Waals surface area contributed by atoms with Crippen LogP contribution in [-0.2, 0) is 20.9 Å². The van der Waals surface area contributed by atoms with Crippen molar-refractivity contribution in [2.45, 2.75) is 68.8 Å². The van der Waals surface area contributed by atoms with Crippen LogP contribution in [0.1, 0.15) is 39.7 Å². The molecule has 2 atom stereocenters. The number of carbonyl (C=O) groups is 3. The van der Waals surface area contributed by atoms with Crippen molar-refractivity contribution in [3.8, 4) is 0 Å². The van der Waals surface area contributed by atoms with E-state index in [9.17, 15) is 27.6 Å². The highest BCUT2D eigenvalue weighted by molar-refractivity contribution is 8.00. The number of imide groups is 1. The molecule has 0 aliphatic carbocycles. The van der Waals surface area contributed by atoms with Crippen LogP contribution in [0.2, 0.25) is 0 Å². The van der Waals surface area contributed by atoms with Crippen molar-refractivity contribution in [2.24, 2.45) is 0 Å². The molecule has 2 fully saturated rings. The number of amides is 4. The summed E-state index contributed by atoms with van der Waals surface area (Å²) in [5.74, 6) is -0.359. The highest BCUT2D eigenvalue weighted by atomic mass is 32.2. The number of alkyl halides is 3. The molecule has 2 aliphatic rings. The summed E-state index contributed by atoms with van der Waals surface area (Å²) in [6.45, 7) is 9.40. The van der Waals surface area contributed by atoms with Crippen molar-refractivity contribution in [3.63, 3.8) is 0 Å². The average molecular weight is 580 g/mol. The van der Waals surface area contributed by atoms with Gasteiger partial charge in [-0.1, -0.05) is 0 Å². The number of hydrogen-bond acceptors (Lipinski definition) is 7. The summed E-state index contributed by atoms with van der Waals surface area (Å²) in [7, 11) is 0. The van der Waals surface area contributed by atoms with E-state index in [1.165, 1.54) is 35.4 Å². The predicted octanol–water partition coefficient (Wildman–Crippen LogP) is 4.88. The van der Waals surface area contributed by atoms with Crippen molar-refractivity contribution in [3.05, 3.63) is 48.2 Å². The lowest BCUT2D eigenvalue weighted by atomic mass is 10.0. The van der Waals surface area contributed by atoms with Gasteiger partial charge in [0.05, 0.1) is 17.9 Å². The van der Waals surface area contributed by atoms with Gasteiger partial charge in [-0.15, -0.1) is 0 Å². The number of hydrogen-bond donors (Lipinski definition) is 1. The Labute approximate surface area is 235 Å². The Morgan fingerprint density at radius 2 is 1.77 bits per heavy atom. The van der Waals surface area contributed by atoms with Gasteiger partial charge < -0.3 is 15.0 Å². The third-order valence-corrected chi connectivity index (χ3v) is 7.47. The first-order chi connectivity index (χ1) is 18.7. The first kappa shape index (κ1) is 29.8. The SMILES string of the molecule is CC1CN(CCC(=O)Nc2cc(CN3C(=O)N(c4ccc(SC(F)(F)F)cc4)C(=O)C3(C)C)ccn2)CC(C)O1. The van der Waals surface area contributed by atoms with E-state index in [0.29, 0.717) is 17.9 Å². The zero-order chi connectivity index (χ0) is 29.2. The third-order valence-electron chi connectivity index (χ3n) is 6.73. The molecule has 0 radical (unpaired) electrons. The molecule has 13 heteroatoms. The molecule has 2 saturated heterocycles. The van der Waals surface area contributed by atoms with Crippen LogP contribution in [0, 0.1) is 0 Å². The van der Waals surface area contributed by atoms with Gasteiger partial charge in [-0.2, -0.15) is 13.2 Å². The normalized spacial score (nSPS) is 21.7. The minimum Gasteiger partial charge on any atom is -0.373 e. The number of benzene rings is 1. The number of anilines is 2. The Morgan fingerprint density at radius 1 is 1.12 bits per heavy atom. The number of rotatable bonds is 8. The maximum absolute atomic E-state index is 13.3. The number of halogens is 3. The lowest BCUT2D eigenvalue weighted by Gasteiger charge is -2.35. The fraction of sp³-hybridized carbons (Fsp3) is 0.481. The van der Waals surface area contributed by atoms with Gasteiger partial charge in [0.2, 0.25) is 5.91 Å². The molecule has 1 N–H and O–H groups in total. The minimum absolute atomic E-state index is 0.0492. The Morgan fingerprint density at radius 3 is 2.40 bits per heavy atom. The summed E-state index contributed by atoms with van der Waals surface area (Å²) in [6.07, 6.45) is 2.02. The van der Waals surface area contributed by atoms with Gasteiger partial charge in [0.15, 0.2) is 0 Å². The van der Waals surface area contributed by atoms with E-state index in [-0.39, 0.29) is 53.4 Å². The van der Waals surface area contributed by atoms with Gasteiger partial charge >= 0.3 is 11.5 Å². The molecule has 4 amide bonds. The first-order valence-corrected chi connectivity index (χ1v) is 13.7. The molecule has 0 spiro atoms. The molecule has 1 aromatic carbocycles. The number of thioether (sulfide) groups is 1.